The monoisotopic (exact) mass is 265 g/mol. The Balaban J connectivity index is 1.80. The van der Waals surface area contributed by atoms with Crippen LogP contribution in [-0.4, -0.2) is 29.1 Å². The molecule has 1 N–H and O–H groups in total. The van der Waals surface area contributed by atoms with E-state index in [2.05, 4.69) is 4.90 Å². The van der Waals surface area contributed by atoms with Crippen molar-refractivity contribution in [2.75, 3.05) is 13.1 Å². The van der Waals surface area contributed by atoms with Crippen LogP contribution in [0.5, 0.6) is 0 Å². The van der Waals surface area contributed by atoms with E-state index in [0.717, 1.165) is 30.0 Å². The van der Waals surface area contributed by atoms with Crippen molar-refractivity contribution in [1.82, 2.24) is 4.90 Å². The fourth-order valence-corrected chi connectivity index (χ4v) is 3.55. The number of benzene rings is 1. The number of aliphatic hydroxyl groups is 1. The van der Waals surface area contributed by atoms with Gasteiger partial charge in [0.2, 0.25) is 0 Å². The molecule has 0 saturated carbocycles. The zero-order valence-corrected chi connectivity index (χ0v) is 11.4. The normalized spacial score (nSPS) is 33.1. The minimum Gasteiger partial charge on any atom is -0.385 e. The molecule has 3 rings (SSSR count). The van der Waals surface area contributed by atoms with Crippen LogP contribution >= 0.6 is 11.6 Å². The molecule has 3 heteroatoms. The second-order valence-corrected chi connectivity index (χ2v) is 6.11. The second-order valence-electron chi connectivity index (χ2n) is 5.68. The number of fused-ring (bicyclic) bond motifs is 1. The Bertz CT molecular complexity index is 419. The van der Waals surface area contributed by atoms with Gasteiger partial charge in [0.05, 0.1) is 5.60 Å². The number of rotatable bonds is 1. The standard InChI is InChI=1S/C15H20ClNO/c16-13-6-4-12(5-7-13)15(18)8-10-17-9-2-1-3-14(17)11-15/h4-7,14,18H,1-3,8-11H2/t14-,15?/m0/s1. The Morgan fingerprint density at radius 1 is 1.17 bits per heavy atom. The van der Waals surface area contributed by atoms with Crippen molar-refractivity contribution in [2.45, 2.75) is 43.7 Å². The van der Waals surface area contributed by atoms with E-state index in [4.69, 9.17) is 11.6 Å². The van der Waals surface area contributed by atoms with Gasteiger partial charge in [0.1, 0.15) is 0 Å². The lowest BCUT2D eigenvalue weighted by molar-refractivity contribution is -0.0611. The van der Waals surface area contributed by atoms with Crippen LogP contribution in [0.4, 0.5) is 0 Å². The third-order valence-electron chi connectivity index (χ3n) is 4.52. The maximum atomic E-state index is 10.9. The molecule has 2 saturated heterocycles. The van der Waals surface area contributed by atoms with E-state index in [1.807, 2.05) is 24.3 Å². The molecular formula is C15H20ClNO. The van der Waals surface area contributed by atoms with Gasteiger partial charge < -0.3 is 10.0 Å². The van der Waals surface area contributed by atoms with E-state index >= 15 is 0 Å². The third kappa shape index (κ3) is 2.29. The van der Waals surface area contributed by atoms with E-state index in [9.17, 15) is 5.11 Å². The first-order valence-electron chi connectivity index (χ1n) is 6.90. The van der Waals surface area contributed by atoms with Gasteiger partial charge in [-0.2, -0.15) is 0 Å². The molecule has 0 aliphatic carbocycles. The van der Waals surface area contributed by atoms with Crippen LogP contribution in [0.3, 0.4) is 0 Å². The van der Waals surface area contributed by atoms with Crippen molar-refractivity contribution in [1.29, 1.82) is 0 Å². The molecule has 0 aromatic heterocycles. The van der Waals surface area contributed by atoms with E-state index in [0.29, 0.717) is 6.04 Å². The molecule has 98 valence electrons. The molecule has 1 aromatic rings. The van der Waals surface area contributed by atoms with Crippen molar-refractivity contribution in [3.8, 4) is 0 Å². The highest BCUT2D eigenvalue weighted by Crippen LogP contribution is 2.39. The zero-order valence-electron chi connectivity index (χ0n) is 10.6. The summed E-state index contributed by atoms with van der Waals surface area (Å²) < 4.78 is 0. The fourth-order valence-electron chi connectivity index (χ4n) is 3.43. The largest absolute Gasteiger partial charge is 0.385 e. The van der Waals surface area contributed by atoms with Crippen LogP contribution in [0.2, 0.25) is 5.02 Å². The zero-order chi connectivity index (χ0) is 12.6. The molecule has 0 bridgehead atoms. The Morgan fingerprint density at radius 3 is 2.72 bits per heavy atom. The highest BCUT2D eigenvalue weighted by Gasteiger charge is 2.40. The first-order chi connectivity index (χ1) is 8.67. The first kappa shape index (κ1) is 12.5. The molecule has 1 unspecified atom stereocenters. The maximum absolute atomic E-state index is 10.9. The SMILES string of the molecule is OC1(c2ccc(Cl)cc2)CCN2CCCC[C@H]2C1. The van der Waals surface area contributed by atoms with Crippen molar-refractivity contribution >= 4 is 11.6 Å². The first-order valence-corrected chi connectivity index (χ1v) is 7.28. The summed E-state index contributed by atoms with van der Waals surface area (Å²) in [6, 6.07) is 8.26. The van der Waals surface area contributed by atoms with Crippen molar-refractivity contribution < 1.29 is 5.11 Å². The molecule has 0 amide bonds. The molecule has 1 aromatic carbocycles. The van der Waals surface area contributed by atoms with Crippen LogP contribution in [0.1, 0.15) is 37.7 Å². The number of nitrogens with zero attached hydrogens (tertiary/aromatic N) is 1. The van der Waals surface area contributed by atoms with Gasteiger partial charge in [-0.05, 0) is 49.9 Å². The van der Waals surface area contributed by atoms with E-state index < -0.39 is 5.60 Å². The highest BCUT2D eigenvalue weighted by atomic mass is 35.5. The molecule has 18 heavy (non-hydrogen) atoms. The fraction of sp³-hybridized carbons (Fsp3) is 0.600. The topological polar surface area (TPSA) is 23.5 Å². The van der Waals surface area contributed by atoms with Crippen molar-refractivity contribution in [3.63, 3.8) is 0 Å². The molecule has 2 fully saturated rings. The summed E-state index contributed by atoms with van der Waals surface area (Å²) >= 11 is 5.92. The summed E-state index contributed by atoms with van der Waals surface area (Å²) in [7, 11) is 0. The van der Waals surface area contributed by atoms with Gasteiger partial charge >= 0.3 is 0 Å². The third-order valence-corrected chi connectivity index (χ3v) is 4.77. The predicted molar refractivity (Wildman–Crippen MR) is 73.8 cm³/mol. The molecule has 2 heterocycles. The Kier molecular flexibility index (Phi) is 3.35. The summed E-state index contributed by atoms with van der Waals surface area (Å²) in [4.78, 5) is 2.55. The quantitative estimate of drug-likeness (QED) is 0.843. The van der Waals surface area contributed by atoms with Gasteiger partial charge in [0.15, 0.2) is 0 Å². The Labute approximate surface area is 114 Å². The number of hydrogen-bond acceptors (Lipinski definition) is 2. The summed E-state index contributed by atoms with van der Waals surface area (Å²) in [5, 5.41) is 11.6. The average molecular weight is 266 g/mol. The summed E-state index contributed by atoms with van der Waals surface area (Å²) in [5.74, 6) is 0. The van der Waals surface area contributed by atoms with E-state index in [1.165, 1.54) is 25.8 Å². The second kappa shape index (κ2) is 4.84. The Hall–Kier alpha value is -0.570. The van der Waals surface area contributed by atoms with Crippen molar-refractivity contribution in [3.05, 3.63) is 34.9 Å². The highest BCUT2D eigenvalue weighted by molar-refractivity contribution is 6.30. The number of piperidine rings is 2. The van der Waals surface area contributed by atoms with Crippen molar-refractivity contribution in [2.24, 2.45) is 0 Å². The lowest BCUT2D eigenvalue weighted by Crippen LogP contribution is -2.50. The Morgan fingerprint density at radius 2 is 1.94 bits per heavy atom. The molecule has 0 spiro atoms. The van der Waals surface area contributed by atoms with Gasteiger partial charge in [-0.1, -0.05) is 30.2 Å². The minimum absolute atomic E-state index is 0.563. The minimum atomic E-state index is -0.650. The van der Waals surface area contributed by atoms with Crippen LogP contribution in [0.15, 0.2) is 24.3 Å². The van der Waals surface area contributed by atoms with Crippen LogP contribution in [0, 0.1) is 0 Å². The summed E-state index contributed by atoms with van der Waals surface area (Å²) in [6.45, 7) is 2.23. The van der Waals surface area contributed by atoms with Crippen LogP contribution < -0.4 is 0 Å². The molecule has 2 atom stereocenters. The van der Waals surface area contributed by atoms with Crippen LogP contribution in [-0.2, 0) is 5.60 Å². The lowest BCUT2D eigenvalue weighted by Gasteiger charge is -2.46. The van der Waals surface area contributed by atoms with Gasteiger partial charge in [0, 0.05) is 17.6 Å². The summed E-state index contributed by atoms with van der Waals surface area (Å²) in [5.41, 5.74) is 0.375. The van der Waals surface area contributed by atoms with E-state index in [-0.39, 0.29) is 0 Å². The molecule has 2 aliphatic rings. The predicted octanol–water partition coefficient (Wildman–Crippen LogP) is 3.18. The maximum Gasteiger partial charge on any atom is 0.0923 e. The van der Waals surface area contributed by atoms with Gasteiger partial charge in [-0.25, -0.2) is 0 Å². The lowest BCUT2D eigenvalue weighted by atomic mass is 9.78. The molecule has 2 nitrogen and oxygen atoms in total. The van der Waals surface area contributed by atoms with Gasteiger partial charge in [0.25, 0.3) is 0 Å². The van der Waals surface area contributed by atoms with Gasteiger partial charge in [-0.15, -0.1) is 0 Å². The molecule has 0 radical (unpaired) electrons. The average Bonchev–Trinajstić information content (AvgIpc) is 2.39. The number of halogens is 1. The smallest absolute Gasteiger partial charge is 0.0923 e. The van der Waals surface area contributed by atoms with E-state index in [1.54, 1.807) is 0 Å². The van der Waals surface area contributed by atoms with Crippen LogP contribution in [0.25, 0.3) is 0 Å². The molecule has 2 aliphatic heterocycles. The van der Waals surface area contributed by atoms with Gasteiger partial charge in [-0.3, -0.25) is 0 Å². The number of hydrogen-bond donors (Lipinski definition) is 1. The summed E-state index contributed by atoms with van der Waals surface area (Å²) in [6.07, 6.45) is 5.56. The molecular weight excluding hydrogens is 246 g/mol.